The lowest BCUT2D eigenvalue weighted by Crippen LogP contribution is -1.99. The summed E-state index contributed by atoms with van der Waals surface area (Å²) in [5, 5.41) is 14.3. The SMILES string of the molecule is CCc1nn(-c2ccccc2C)c(Cl)c1CO. The molecule has 1 aromatic carbocycles. The van der Waals surface area contributed by atoms with Crippen LogP contribution >= 0.6 is 11.6 Å². The number of hydrogen-bond acceptors (Lipinski definition) is 2. The minimum Gasteiger partial charge on any atom is -0.391 e. The fourth-order valence-electron chi connectivity index (χ4n) is 1.87. The maximum absolute atomic E-state index is 9.32. The molecule has 2 aromatic rings. The molecule has 17 heavy (non-hydrogen) atoms. The smallest absolute Gasteiger partial charge is 0.138 e. The van der Waals surface area contributed by atoms with E-state index in [1.807, 2.05) is 38.1 Å². The summed E-state index contributed by atoms with van der Waals surface area (Å²) in [5.41, 5.74) is 3.62. The van der Waals surface area contributed by atoms with E-state index in [9.17, 15) is 5.11 Å². The first-order valence-corrected chi connectivity index (χ1v) is 6.00. The molecule has 0 saturated heterocycles. The highest BCUT2D eigenvalue weighted by atomic mass is 35.5. The predicted octanol–water partition coefficient (Wildman–Crippen LogP) is 2.89. The Labute approximate surface area is 106 Å². The van der Waals surface area contributed by atoms with Gasteiger partial charge in [-0.15, -0.1) is 0 Å². The molecule has 0 saturated carbocycles. The maximum atomic E-state index is 9.32. The van der Waals surface area contributed by atoms with Gasteiger partial charge in [0.25, 0.3) is 0 Å². The molecule has 0 aliphatic heterocycles. The highest BCUT2D eigenvalue weighted by molar-refractivity contribution is 6.30. The molecule has 0 amide bonds. The number of benzene rings is 1. The number of rotatable bonds is 3. The quantitative estimate of drug-likeness (QED) is 0.910. The molecule has 0 radical (unpaired) electrons. The average molecular weight is 251 g/mol. The van der Waals surface area contributed by atoms with Crippen LogP contribution in [0.15, 0.2) is 24.3 Å². The lowest BCUT2D eigenvalue weighted by molar-refractivity contribution is 0.281. The Bertz CT molecular complexity index is 534. The standard InChI is InChI=1S/C13H15ClN2O/c1-3-11-10(8-17)13(14)16(15-11)12-7-5-4-6-9(12)2/h4-7,17H,3,8H2,1-2H3. The van der Waals surface area contributed by atoms with E-state index in [1.165, 1.54) is 0 Å². The first-order chi connectivity index (χ1) is 8.19. The van der Waals surface area contributed by atoms with E-state index < -0.39 is 0 Å². The molecule has 1 heterocycles. The number of aromatic nitrogens is 2. The zero-order valence-corrected chi connectivity index (χ0v) is 10.7. The third-order valence-electron chi connectivity index (χ3n) is 2.84. The molecular weight excluding hydrogens is 236 g/mol. The lowest BCUT2D eigenvalue weighted by atomic mass is 10.2. The minimum atomic E-state index is -0.0755. The van der Waals surface area contributed by atoms with Gasteiger partial charge in [0.15, 0.2) is 0 Å². The van der Waals surface area contributed by atoms with Crippen LogP contribution in [0.25, 0.3) is 5.69 Å². The number of aryl methyl sites for hydroxylation is 2. The van der Waals surface area contributed by atoms with Gasteiger partial charge in [0, 0.05) is 5.56 Å². The number of nitrogens with zero attached hydrogens (tertiary/aromatic N) is 2. The summed E-state index contributed by atoms with van der Waals surface area (Å²) >= 11 is 6.26. The summed E-state index contributed by atoms with van der Waals surface area (Å²) < 4.78 is 1.70. The Morgan fingerprint density at radius 1 is 1.35 bits per heavy atom. The second-order valence-electron chi connectivity index (χ2n) is 3.93. The van der Waals surface area contributed by atoms with Crippen LogP contribution in [0.5, 0.6) is 0 Å². The van der Waals surface area contributed by atoms with Gasteiger partial charge < -0.3 is 5.11 Å². The fraction of sp³-hybridized carbons (Fsp3) is 0.308. The van der Waals surface area contributed by atoms with E-state index in [-0.39, 0.29) is 6.61 Å². The number of aliphatic hydroxyl groups excluding tert-OH is 1. The molecule has 0 aliphatic carbocycles. The fourth-order valence-corrected chi connectivity index (χ4v) is 2.17. The molecular formula is C13H15ClN2O. The van der Waals surface area contributed by atoms with Crippen molar-refractivity contribution in [2.45, 2.75) is 26.9 Å². The van der Waals surface area contributed by atoms with Crippen molar-refractivity contribution in [2.24, 2.45) is 0 Å². The third kappa shape index (κ3) is 2.08. The first kappa shape index (κ1) is 12.1. The molecule has 90 valence electrons. The van der Waals surface area contributed by atoms with Crippen molar-refractivity contribution in [3.63, 3.8) is 0 Å². The van der Waals surface area contributed by atoms with Crippen molar-refractivity contribution in [3.8, 4) is 5.69 Å². The Morgan fingerprint density at radius 3 is 2.59 bits per heavy atom. The van der Waals surface area contributed by atoms with E-state index in [2.05, 4.69) is 5.10 Å². The van der Waals surface area contributed by atoms with E-state index in [0.29, 0.717) is 5.15 Å². The molecule has 1 N–H and O–H groups in total. The molecule has 4 heteroatoms. The van der Waals surface area contributed by atoms with Gasteiger partial charge in [0.05, 0.1) is 18.0 Å². The number of aliphatic hydroxyl groups is 1. The first-order valence-electron chi connectivity index (χ1n) is 5.62. The van der Waals surface area contributed by atoms with E-state index in [1.54, 1.807) is 4.68 Å². The van der Waals surface area contributed by atoms with Gasteiger partial charge in [-0.3, -0.25) is 0 Å². The van der Waals surface area contributed by atoms with Crippen LogP contribution in [0, 0.1) is 6.92 Å². The van der Waals surface area contributed by atoms with Crippen molar-refractivity contribution in [2.75, 3.05) is 0 Å². The van der Waals surface area contributed by atoms with Gasteiger partial charge in [0.1, 0.15) is 5.15 Å². The molecule has 0 spiro atoms. The molecule has 0 unspecified atom stereocenters. The van der Waals surface area contributed by atoms with Gasteiger partial charge in [-0.25, -0.2) is 4.68 Å². The van der Waals surface area contributed by atoms with Crippen LogP contribution in [-0.2, 0) is 13.0 Å². The van der Waals surface area contributed by atoms with Crippen molar-refractivity contribution in [1.29, 1.82) is 0 Å². The summed E-state index contributed by atoms with van der Waals surface area (Å²) in [5.74, 6) is 0. The van der Waals surface area contributed by atoms with Crippen molar-refractivity contribution < 1.29 is 5.11 Å². The lowest BCUT2D eigenvalue weighted by Gasteiger charge is -2.06. The molecule has 2 rings (SSSR count). The Hall–Kier alpha value is -1.32. The van der Waals surface area contributed by atoms with Crippen LogP contribution < -0.4 is 0 Å². The Kier molecular flexibility index (Phi) is 3.50. The Balaban J connectivity index is 2.61. The van der Waals surface area contributed by atoms with Gasteiger partial charge in [-0.05, 0) is 25.0 Å². The van der Waals surface area contributed by atoms with E-state index in [4.69, 9.17) is 11.6 Å². The van der Waals surface area contributed by atoms with Gasteiger partial charge in [-0.2, -0.15) is 5.10 Å². The number of para-hydroxylation sites is 1. The van der Waals surface area contributed by atoms with Crippen molar-refractivity contribution in [3.05, 3.63) is 46.2 Å². The van der Waals surface area contributed by atoms with Crippen molar-refractivity contribution in [1.82, 2.24) is 9.78 Å². The summed E-state index contributed by atoms with van der Waals surface area (Å²) in [4.78, 5) is 0. The maximum Gasteiger partial charge on any atom is 0.138 e. The monoisotopic (exact) mass is 250 g/mol. The average Bonchev–Trinajstić information content (AvgIpc) is 2.66. The Morgan fingerprint density at radius 2 is 2.06 bits per heavy atom. The zero-order valence-electron chi connectivity index (χ0n) is 9.94. The number of hydrogen-bond donors (Lipinski definition) is 1. The van der Waals surface area contributed by atoms with E-state index >= 15 is 0 Å². The molecule has 3 nitrogen and oxygen atoms in total. The van der Waals surface area contributed by atoms with Crippen LogP contribution in [0.2, 0.25) is 5.15 Å². The van der Waals surface area contributed by atoms with Crippen LogP contribution in [0.1, 0.15) is 23.7 Å². The van der Waals surface area contributed by atoms with Gasteiger partial charge >= 0.3 is 0 Å². The van der Waals surface area contributed by atoms with Crippen molar-refractivity contribution >= 4 is 11.6 Å². The molecule has 0 atom stereocenters. The minimum absolute atomic E-state index is 0.0755. The topological polar surface area (TPSA) is 38.0 Å². The van der Waals surface area contributed by atoms with Gasteiger partial charge in [0.2, 0.25) is 0 Å². The third-order valence-corrected chi connectivity index (χ3v) is 3.23. The second-order valence-corrected chi connectivity index (χ2v) is 4.28. The highest BCUT2D eigenvalue weighted by Crippen LogP contribution is 2.25. The van der Waals surface area contributed by atoms with Crippen LogP contribution in [0.3, 0.4) is 0 Å². The summed E-state index contributed by atoms with van der Waals surface area (Å²) in [7, 11) is 0. The molecule has 0 fully saturated rings. The normalized spacial score (nSPS) is 10.8. The summed E-state index contributed by atoms with van der Waals surface area (Å²) in [6.07, 6.45) is 0.758. The second kappa shape index (κ2) is 4.90. The zero-order chi connectivity index (χ0) is 12.4. The largest absolute Gasteiger partial charge is 0.391 e. The van der Waals surface area contributed by atoms with Crippen LogP contribution in [-0.4, -0.2) is 14.9 Å². The molecule has 0 bridgehead atoms. The van der Waals surface area contributed by atoms with E-state index in [0.717, 1.165) is 28.9 Å². The summed E-state index contributed by atoms with van der Waals surface area (Å²) in [6.45, 7) is 3.94. The number of halogens is 1. The molecule has 1 aromatic heterocycles. The predicted molar refractivity (Wildman–Crippen MR) is 68.6 cm³/mol. The van der Waals surface area contributed by atoms with Gasteiger partial charge in [-0.1, -0.05) is 36.7 Å². The highest BCUT2D eigenvalue weighted by Gasteiger charge is 2.16. The van der Waals surface area contributed by atoms with Crippen LogP contribution in [0.4, 0.5) is 0 Å². The molecule has 0 aliphatic rings. The summed E-state index contributed by atoms with van der Waals surface area (Å²) in [6, 6.07) is 7.90.